The highest BCUT2D eigenvalue weighted by atomic mass is 16.3. The average Bonchev–Trinajstić information content (AvgIpc) is 2.15. The molecule has 1 atom stereocenters. The van der Waals surface area contributed by atoms with Crippen LogP contribution in [0.4, 0.5) is 0 Å². The topological polar surface area (TPSA) is 20.2 Å². The molecule has 0 spiro atoms. The molecule has 0 aromatic heterocycles. The first-order valence-electron chi connectivity index (χ1n) is 4.95. The van der Waals surface area contributed by atoms with E-state index in [0.29, 0.717) is 11.8 Å². The molecule has 1 rings (SSSR count). The Kier molecular flexibility index (Phi) is 4.18. The summed E-state index contributed by atoms with van der Waals surface area (Å²) in [6.45, 7) is 0.241. The van der Waals surface area contributed by atoms with Crippen LogP contribution >= 0.6 is 0 Å². The molecular weight excluding hydrogens is 148 g/mol. The van der Waals surface area contributed by atoms with Gasteiger partial charge in [-0.25, -0.2) is 0 Å². The molecule has 0 heterocycles. The lowest BCUT2D eigenvalue weighted by atomic mass is 9.79. The molecular formula is C11H18O. The van der Waals surface area contributed by atoms with Crippen molar-refractivity contribution in [2.75, 3.05) is 6.61 Å². The van der Waals surface area contributed by atoms with Gasteiger partial charge in [0.1, 0.15) is 0 Å². The van der Waals surface area contributed by atoms with E-state index < -0.39 is 0 Å². The smallest absolute Gasteiger partial charge is 0.0442 e. The molecule has 0 aliphatic heterocycles. The van der Waals surface area contributed by atoms with E-state index in [-0.39, 0.29) is 6.61 Å². The minimum Gasteiger partial charge on any atom is -0.396 e. The zero-order valence-corrected chi connectivity index (χ0v) is 7.63. The number of aliphatic hydroxyl groups is 1. The molecule has 1 nitrogen and oxygen atoms in total. The first-order valence-corrected chi connectivity index (χ1v) is 4.95. The predicted octanol–water partition coefficient (Wildman–Crippen LogP) is 2.20. The summed E-state index contributed by atoms with van der Waals surface area (Å²) in [5.74, 6) is 3.83. The molecule has 1 aliphatic rings. The predicted molar refractivity (Wildman–Crippen MR) is 50.6 cm³/mol. The second-order valence-electron chi connectivity index (χ2n) is 3.68. The third kappa shape index (κ3) is 2.53. The van der Waals surface area contributed by atoms with Gasteiger partial charge in [-0.3, -0.25) is 0 Å². The highest BCUT2D eigenvalue weighted by Gasteiger charge is 2.21. The van der Waals surface area contributed by atoms with E-state index in [9.17, 15) is 0 Å². The number of terminal acetylenes is 1. The fourth-order valence-corrected chi connectivity index (χ4v) is 2.13. The molecule has 1 saturated carbocycles. The Morgan fingerprint density at radius 3 is 2.50 bits per heavy atom. The Morgan fingerprint density at radius 1 is 1.33 bits per heavy atom. The van der Waals surface area contributed by atoms with Crippen molar-refractivity contribution in [2.45, 2.75) is 38.5 Å². The molecule has 0 aromatic carbocycles. The largest absolute Gasteiger partial charge is 0.396 e. The highest BCUT2D eigenvalue weighted by molar-refractivity contribution is 4.96. The van der Waals surface area contributed by atoms with Gasteiger partial charge in [0, 0.05) is 12.5 Å². The van der Waals surface area contributed by atoms with Gasteiger partial charge in [0.2, 0.25) is 0 Å². The van der Waals surface area contributed by atoms with Crippen LogP contribution < -0.4 is 0 Å². The van der Waals surface area contributed by atoms with Gasteiger partial charge >= 0.3 is 0 Å². The normalized spacial score (nSPS) is 21.7. The van der Waals surface area contributed by atoms with Crippen molar-refractivity contribution < 1.29 is 5.11 Å². The van der Waals surface area contributed by atoms with E-state index >= 15 is 0 Å². The first-order chi connectivity index (χ1) is 5.88. The molecule has 12 heavy (non-hydrogen) atoms. The lowest BCUT2D eigenvalue weighted by molar-refractivity contribution is 0.220. The second kappa shape index (κ2) is 5.22. The van der Waals surface area contributed by atoms with Crippen LogP contribution in [-0.2, 0) is 0 Å². The van der Waals surface area contributed by atoms with E-state index in [1.807, 2.05) is 0 Å². The van der Waals surface area contributed by atoms with Crippen molar-refractivity contribution in [2.24, 2.45) is 11.8 Å². The second-order valence-corrected chi connectivity index (χ2v) is 3.68. The SMILES string of the molecule is C#CC(CCO)C1CCCCC1. The van der Waals surface area contributed by atoms with Gasteiger partial charge in [-0.15, -0.1) is 12.3 Å². The standard InChI is InChI=1S/C11H18O/c1-2-10(8-9-12)11-6-4-3-5-7-11/h1,10-12H,3-9H2. The molecule has 1 aliphatic carbocycles. The number of aliphatic hydroxyl groups excluding tert-OH is 1. The van der Waals surface area contributed by atoms with Gasteiger partial charge in [-0.2, -0.15) is 0 Å². The van der Waals surface area contributed by atoms with Crippen LogP contribution in [0.15, 0.2) is 0 Å². The van der Waals surface area contributed by atoms with Crippen LogP contribution in [0.5, 0.6) is 0 Å². The van der Waals surface area contributed by atoms with Crippen molar-refractivity contribution >= 4 is 0 Å². The maximum atomic E-state index is 8.80. The minimum absolute atomic E-state index is 0.241. The lowest BCUT2D eigenvalue weighted by Gasteiger charge is -2.26. The molecule has 1 fully saturated rings. The van der Waals surface area contributed by atoms with E-state index in [1.165, 1.54) is 32.1 Å². The van der Waals surface area contributed by atoms with Crippen molar-refractivity contribution in [3.8, 4) is 12.3 Å². The van der Waals surface area contributed by atoms with Crippen LogP contribution in [0.3, 0.4) is 0 Å². The number of rotatable bonds is 3. The number of hydrogen-bond acceptors (Lipinski definition) is 1. The van der Waals surface area contributed by atoms with Gasteiger partial charge in [-0.1, -0.05) is 19.3 Å². The molecule has 1 heteroatoms. The average molecular weight is 166 g/mol. The van der Waals surface area contributed by atoms with E-state index in [0.717, 1.165) is 6.42 Å². The zero-order chi connectivity index (χ0) is 8.81. The molecule has 0 radical (unpaired) electrons. The van der Waals surface area contributed by atoms with Crippen molar-refractivity contribution in [1.29, 1.82) is 0 Å². The summed E-state index contributed by atoms with van der Waals surface area (Å²) in [4.78, 5) is 0. The summed E-state index contributed by atoms with van der Waals surface area (Å²) in [6, 6.07) is 0. The Morgan fingerprint density at radius 2 is 2.00 bits per heavy atom. The van der Waals surface area contributed by atoms with Gasteiger partial charge in [-0.05, 0) is 25.2 Å². The number of hydrogen-bond donors (Lipinski definition) is 1. The van der Waals surface area contributed by atoms with Crippen molar-refractivity contribution in [3.63, 3.8) is 0 Å². The van der Waals surface area contributed by atoms with E-state index in [2.05, 4.69) is 5.92 Å². The van der Waals surface area contributed by atoms with E-state index in [4.69, 9.17) is 11.5 Å². The Balaban J connectivity index is 2.36. The molecule has 0 amide bonds. The third-order valence-corrected chi connectivity index (χ3v) is 2.87. The van der Waals surface area contributed by atoms with Crippen LogP contribution in [0.25, 0.3) is 0 Å². The fourth-order valence-electron chi connectivity index (χ4n) is 2.13. The van der Waals surface area contributed by atoms with Gasteiger partial charge in [0.25, 0.3) is 0 Å². The minimum atomic E-state index is 0.241. The maximum Gasteiger partial charge on any atom is 0.0442 e. The maximum absolute atomic E-state index is 8.80. The summed E-state index contributed by atoms with van der Waals surface area (Å²) in [5, 5.41) is 8.80. The Bertz CT molecular complexity index is 151. The zero-order valence-electron chi connectivity index (χ0n) is 7.63. The Hall–Kier alpha value is -0.480. The van der Waals surface area contributed by atoms with Crippen LogP contribution in [0.1, 0.15) is 38.5 Å². The molecule has 0 aromatic rings. The van der Waals surface area contributed by atoms with Gasteiger partial charge < -0.3 is 5.11 Å². The van der Waals surface area contributed by atoms with Gasteiger partial charge in [0.15, 0.2) is 0 Å². The van der Waals surface area contributed by atoms with E-state index in [1.54, 1.807) is 0 Å². The summed E-state index contributed by atoms with van der Waals surface area (Å²) in [7, 11) is 0. The third-order valence-electron chi connectivity index (χ3n) is 2.87. The summed E-state index contributed by atoms with van der Waals surface area (Å²) in [6.07, 6.45) is 12.8. The summed E-state index contributed by atoms with van der Waals surface area (Å²) < 4.78 is 0. The molecule has 1 N–H and O–H groups in total. The highest BCUT2D eigenvalue weighted by Crippen LogP contribution is 2.31. The molecule has 0 bridgehead atoms. The van der Waals surface area contributed by atoms with Crippen LogP contribution in [0, 0.1) is 24.2 Å². The molecule has 1 unspecified atom stereocenters. The lowest BCUT2D eigenvalue weighted by Crippen LogP contribution is -2.17. The quantitative estimate of drug-likeness (QED) is 0.637. The van der Waals surface area contributed by atoms with Crippen LogP contribution in [-0.4, -0.2) is 11.7 Å². The molecule has 68 valence electrons. The summed E-state index contributed by atoms with van der Waals surface area (Å²) in [5.41, 5.74) is 0. The summed E-state index contributed by atoms with van der Waals surface area (Å²) >= 11 is 0. The molecule has 0 saturated heterocycles. The Labute approximate surface area is 75.2 Å². The fraction of sp³-hybridized carbons (Fsp3) is 0.818. The van der Waals surface area contributed by atoms with Crippen molar-refractivity contribution in [1.82, 2.24) is 0 Å². The van der Waals surface area contributed by atoms with Gasteiger partial charge in [0.05, 0.1) is 0 Å². The van der Waals surface area contributed by atoms with Crippen LogP contribution in [0.2, 0.25) is 0 Å². The monoisotopic (exact) mass is 166 g/mol. The first kappa shape index (κ1) is 9.61. The van der Waals surface area contributed by atoms with Crippen molar-refractivity contribution in [3.05, 3.63) is 0 Å².